The van der Waals surface area contributed by atoms with Crippen LogP contribution < -0.4 is 10.6 Å². The highest BCUT2D eigenvalue weighted by molar-refractivity contribution is 5.92. The predicted octanol–water partition coefficient (Wildman–Crippen LogP) is -0.351. The van der Waals surface area contributed by atoms with Gasteiger partial charge in [-0.15, -0.1) is 0 Å². The Morgan fingerprint density at radius 3 is 2.62 bits per heavy atom. The van der Waals surface area contributed by atoms with E-state index in [2.05, 4.69) is 17.2 Å². The summed E-state index contributed by atoms with van der Waals surface area (Å²) in [5.41, 5.74) is 0.510. The van der Waals surface area contributed by atoms with Crippen LogP contribution in [0.1, 0.15) is 13.8 Å². The van der Waals surface area contributed by atoms with Crippen LogP contribution in [0.15, 0.2) is 12.2 Å². The quantitative estimate of drug-likeness (QED) is 0.392. The van der Waals surface area contributed by atoms with E-state index in [4.69, 9.17) is 5.11 Å². The highest BCUT2D eigenvalue weighted by atomic mass is 16.3. The van der Waals surface area contributed by atoms with Gasteiger partial charge in [-0.3, -0.25) is 4.79 Å². The van der Waals surface area contributed by atoms with Gasteiger partial charge in [-0.05, 0) is 13.8 Å². The van der Waals surface area contributed by atoms with Gasteiger partial charge < -0.3 is 15.7 Å². The fraction of sp³-hybridized carbons (Fsp3) is 0.667. The van der Waals surface area contributed by atoms with Crippen LogP contribution in [-0.4, -0.2) is 36.8 Å². The van der Waals surface area contributed by atoms with Gasteiger partial charge in [-0.2, -0.15) is 0 Å². The zero-order chi connectivity index (χ0) is 10.3. The third kappa shape index (κ3) is 7.49. The average Bonchev–Trinajstić information content (AvgIpc) is 2.02. The van der Waals surface area contributed by atoms with E-state index >= 15 is 0 Å². The van der Waals surface area contributed by atoms with Crippen molar-refractivity contribution >= 4 is 5.91 Å². The molecule has 1 atom stereocenters. The van der Waals surface area contributed by atoms with E-state index in [0.29, 0.717) is 25.2 Å². The largest absolute Gasteiger partial charge is 0.392 e. The van der Waals surface area contributed by atoms with Crippen LogP contribution >= 0.6 is 0 Å². The average molecular weight is 186 g/mol. The molecular weight excluding hydrogens is 168 g/mol. The predicted molar refractivity (Wildman–Crippen MR) is 52.4 cm³/mol. The van der Waals surface area contributed by atoms with Crippen LogP contribution in [0.25, 0.3) is 0 Å². The van der Waals surface area contributed by atoms with E-state index in [0.717, 1.165) is 0 Å². The fourth-order valence-electron chi connectivity index (χ4n) is 0.726. The van der Waals surface area contributed by atoms with E-state index in [1.54, 1.807) is 13.8 Å². The number of hydrogen-bond donors (Lipinski definition) is 3. The summed E-state index contributed by atoms with van der Waals surface area (Å²) in [6.07, 6.45) is -0.350. The molecule has 0 saturated heterocycles. The zero-order valence-corrected chi connectivity index (χ0v) is 8.26. The van der Waals surface area contributed by atoms with E-state index in [1.807, 2.05) is 0 Å². The highest BCUT2D eigenvalue weighted by Crippen LogP contribution is 1.83. The smallest absolute Gasteiger partial charge is 0.246 e. The van der Waals surface area contributed by atoms with E-state index in [1.165, 1.54) is 0 Å². The zero-order valence-electron chi connectivity index (χ0n) is 8.26. The van der Waals surface area contributed by atoms with Crippen LogP contribution in [0.2, 0.25) is 0 Å². The van der Waals surface area contributed by atoms with Crippen molar-refractivity contribution in [3.05, 3.63) is 12.2 Å². The first-order valence-electron chi connectivity index (χ1n) is 4.36. The summed E-state index contributed by atoms with van der Waals surface area (Å²) < 4.78 is 0. The molecular formula is C9H18N2O2. The number of rotatable bonds is 6. The second kappa shape index (κ2) is 6.62. The van der Waals surface area contributed by atoms with Gasteiger partial charge in [0.1, 0.15) is 0 Å². The number of amides is 1. The van der Waals surface area contributed by atoms with E-state index in [9.17, 15) is 4.79 Å². The minimum atomic E-state index is -0.350. The summed E-state index contributed by atoms with van der Waals surface area (Å²) in [5.74, 6) is -0.126. The Balaban J connectivity index is 3.26. The normalized spacial score (nSPS) is 12.2. The topological polar surface area (TPSA) is 61.4 Å². The molecule has 0 radical (unpaired) electrons. The highest BCUT2D eigenvalue weighted by Gasteiger charge is 1.99. The Hall–Kier alpha value is -0.870. The Morgan fingerprint density at radius 1 is 1.54 bits per heavy atom. The molecule has 13 heavy (non-hydrogen) atoms. The number of carbonyl (C=O) groups is 1. The minimum absolute atomic E-state index is 0.126. The lowest BCUT2D eigenvalue weighted by Crippen LogP contribution is -2.34. The maximum absolute atomic E-state index is 11.0. The van der Waals surface area contributed by atoms with Crippen molar-refractivity contribution in [3.8, 4) is 0 Å². The summed E-state index contributed by atoms with van der Waals surface area (Å²) in [7, 11) is 0. The fourth-order valence-corrected chi connectivity index (χ4v) is 0.726. The van der Waals surface area contributed by atoms with Gasteiger partial charge in [0, 0.05) is 25.2 Å². The van der Waals surface area contributed by atoms with Crippen molar-refractivity contribution in [3.63, 3.8) is 0 Å². The number of aliphatic hydroxyl groups is 1. The lowest BCUT2D eigenvalue weighted by atomic mass is 10.3. The second-order valence-corrected chi connectivity index (χ2v) is 3.09. The Bertz CT molecular complexity index is 178. The summed E-state index contributed by atoms with van der Waals surface area (Å²) in [5, 5.41) is 14.5. The molecule has 0 spiro atoms. The van der Waals surface area contributed by atoms with Crippen LogP contribution in [0.4, 0.5) is 0 Å². The molecule has 1 unspecified atom stereocenters. The molecule has 0 heterocycles. The maximum atomic E-state index is 11.0. The van der Waals surface area contributed by atoms with Gasteiger partial charge in [0.15, 0.2) is 0 Å². The molecule has 0 rings (SSSR count). The molecule has 0 saturated carbocycles. The molecule has 4 heteroatoms. The molecule has 3 N–H and O–H groups in total. The van der Waals surface area contributed by atoms with Gasteiger partial charge in [-0.1, -0.05) is 6.58 Å². The van der Waals surface area contributed by atoms with Crippen molar-refractivity contribution in [2.45, 2.75) is 20.0 Å². The number of aliphatic hydroxyl groups excluding tert-OH is 1. The Labute approximate surface area is 79.0 Å². The standard InChI is InChI=1S/C9H18N2O2/c1-7(2)9(13)11-5-4-10-6-8(3)12/h8,10,12H,1,4-6H2,2-3H3,(H,11,13). The van der Waals surface area contributed by atoms with Crippen molar-refractivity contribution in [2.24, 2.45) is 0 Å². The first kappa shape index (κ1) is 12.1. The van der Waals surface area contributed by atoms with Crippen molar-refractivity contribution in [2.75, 3.05) is 19.6 Å². The summed E-state index contributed by atoms with van der Waals surface area (Å²) in [6, 6.07) is 0. The lowest BCUT2D eigenvalue weighted by molar-refractivity contribution is -0.117. The van der Waals surface area contributed by atoms with Crippen LogP contribution in [-0.2, 0) is 4.79 Å². The van der Waals surface area contributed by atoms with Gasteiger partial charge in [0.05, 0.1) is 6.10 Å². The van der Waals surface area contributed by atoms with Crippen molar-refractivity contribution in [1.29, 1.82) is 0 Å². The molecule has 0 aliphatic carbocycles. The summed E-state index contributed by atoms with van der Waals surface area (Å²) >= 11 is 0. The molecule has 76 valence electrons. The molecule has 0 aliphatic heterocycles. The van der Waals surface area contributed by atoms with Crippen molar-refractivity contribution < 1.29 is 9.90 Å². The third-order valence-electron chi connectivity index (χ3n) is 1.41. The first-order chi connectivity index (χ1) is 6.04. The maximum Gasteiger partial charge on any atom is 0.246 e. The molecule has 0 aromatic heterocycles. The molecule has 0 aromatic rings. The third-order valence-corrected chi connectivity index (χ3v) is 1.41. The minimum Gasteiger partial charge on any atom is -0.392 e. The molecule has 4 nitrogen and oxygen atoms in total. The Kier molecular flexibility index (Phi) is 6.18. The molecule has 1 amide bonds. The SMILES string of the molecule is C=C(C)C(=O)NCCNCC(C)O. The van der Waals surface area contributed by atoms with Crippen molar-refractivity contribution in [1.82, 2.24) is 10.6 Å². The Morgan fingerprint density at radius 2 is 2.15 bits per heavy atom. The van der Waals surface area contributed by atoms with Crippen LogP contribution in [0.5, 0.6) is 0 Å². The summed E-state index contributed by atoms with van der Waals surface area (Å²) in [4.78, 5) is 11.0. The number of carbonyl (C=O) groups excluding carboxylic acids is 1. The van der Waals surface area contributed by atoms with Crippen LogP contribution in [0.3, 0.4) is 0 Å². The number of hydrogen-bond acceptors (Lipinski definition) is 3. The monoisotopic (exact) mass is 186 g/mol. The van der Waals surface area contributed by atoms with E-state index in [-0.39, 0.29) is 12.0 Å². The molecule has 0 bridgehead atoms. The lowest BCUT2D eigenvalue weighted by Gasteiger charge is -2.07. The summed E-state index contributed by atoms with van der Waals surface area (Å²) in [6.45, 7) is 8.64. The molecule has 0 aliphatic rings. The molecule has 0 fully saturated rings. The van der Waals surface area contributed by atoms with E-state index < -0.39 is 0 Å². The van der Waals surface area contributed by atoms with Gasteiger partial charge >= 0.3 is 0 Å². The second-order valence-electron chi connectivity index (χ2n) is 3.09. The first-order valence-corrected chi connectivity index (χ1v) is 4.36. The van der Waals surface area contributed by atoms with Gasteiger partial charge in [0.25, 0.3) is 0 Å². The molecule has 0 aromatic carbocycles. The number of nitrogens with one attached hydrogen (secondary N) is 2. The van der Waals surface area contributed by atoms with Gasteiger partial charge in [0.2, 0.25) is 5.91 Å². The van der Waals surface area contributed by atoms with Crippen LogP contribution in [0, 0.1) is 0 Å². The van der Waals surface area contributed by atoms with Gasteiger partial charge in [-0.25, -0.2) is 0 Å².